The number of ether oxygens (including phenoxy) is 1. The molecule has 2 atom stereocenters. The Morgan fingerprint density at radius 2 is 1.80 bits per heavy atom. The zero-order valence-corrected chi connectivity index (χ0v) is 18.0. The molecule has 25 heavy (non-hydrogen) atoms. The van der Waals surface area contributed by atoms with Gasteiger partial charge in [-0.15, -0.1) is 10.3 Å². The number of carbonyl (C=O) groups excluding carboxylic acids is 1. The number of nitrogens with zero attached hydrogens (tertiary/aromatic N) is 1. The fourth-order valence-corrected chi connectivity index (χ4v) is 3.42. The molecule has 1 aliphatic heterocycles. The molecule has 0 radical (unpaired) electrons. The Morgan fingerprint density at radius 3 is 2.28 bits per heavy atom. The van der Waals surface area contributed by atoms with Crippen LogP contribution in [0.3, 0.4) is 0 Å². The van der Waals surface area contributed by atoms with Crippen LogP contribution in [-0.2, 0) is 13.8 Å². The monoisotopic (exact) mass is 376 g/mol. The Morgan fingerprint density at radius 1 is 1.20 bits per heavy atom. The Balaban J connectivity index is 2.88. The van der Waals surface area contributed by atoms with E-state index in [0.717, 1.165) is 6.42 Å². The molecule has 1 aliphatic rings. The first-order valence-corrected chi connectivity index (χ1v) is 11.0. The number of likely N-dealkylation sites (tertiary alicyclic amines) is 1. The molecule has 148 valence electrons. The highest BCUT2D eigenvalue weighted by atomic mass is 32.3. The van der Waals surface area contributed by atoms with Gasteiger partial charge < -0.3 is 8.92 Å². The van der Waals surface area contributed by atoms with Gasteiger partial charge in [-0.05, 0) is 39.4 Å². The highest BCUT2D eigenvalue weighted by Crippen LogP contribution is 2.55. The SMILES string of the molecule is CON/C=C/C1CC(OS(C)(C)C(C)(C)C)CN1C(=O)OC(C)(C)C. The van der Waals surface area contributed by atoms with Crippen LogP contribution in [-0.4, -0.2) is 59.7 Å². The Bertz CT molecular complexity index is 480. The van der Waals surface area contributed by atoms with Crippen molar-refractivity contribution in [1.82, 2.24) is 10.4 Å². The standard InChI is InChI=1S/C18H36N2O4S/c1-17(2,3)23-16(21)20-13-15(12-14(20)10-11-19-22-7)24-25(8,9)18(4,5)6/h10-11,14-15,19H,12-13H2,1-9H3/b11-10+. The number of hydrogen-bond donors (Lipinski definition) is 1. The van der Waals surface area contributed by atoms with Gasteiger partial charge in [-0.3, -0.25) is 15.2 Å². The molecule has 0 aromatic heterocycles. The second kappa shape index (κ2) is 8.18. The Labute approximate surface area is 154 Å². The minimum absolute atomic E-state index is 0.00561. The predicted octanol–water partition coefficient (Wildman–Crippen LogP) is 3.82. The summed E-state index contributed by atoms with van der Waals surface area (Å²) in [5.74, 6) is 0. The molecule has 1 N–H and O–H groups in total. The van der Waals surface area contributed by atoms with Gasteiger partial charge in [0.1, 0.15) is 5.60 Å². The number of nitrogens with one attached hydrogen (secondary N) is 1. The lowest BCUT2D eigenvalue weighted by Gasteiger charge is -2.45. The van der Waals surface area contributed by atoms with Gasteiger partial charge in [0.15, 0.2) is 0 Å². The van der Waals surface area contributed by atoms with Crippen LogP contribution in [0.1, 0.15) is 48.0 Å². The third-order valence-corrected chi connectivity index (χ3v) is 7.99. The molecule has 0 saturated carbocycles. The zero-order valence-electron chi connectivity index (χ0n) is 17.2. The molecular weight excluding hydrogens is 340 g/mol. The van der Waals surface area contributed by atoms with Gasteiger partial charge >= 0.3 is 6.09 Å². The summed E-state index contributed by atoms with van der Waals surface area (Å²) in [7, 11) is 0.290. The smallest absolute Gasteiger partial charge is 0.410 e. The van der Waals surface area contributed by atoms with Crippen molar-refractivity contribution in [3.05, 3.63) is 12.3 Å². The van der Waals surface area contributed by atoms with Gasteiger partial charge in [-0.25, -0.2) is 4.79 Å². The highest BCUT2D eigenvalue weighted by molar-refractivity contribution is 8.29. The van der Waals surface area contributed by atoms with E-state index in [9.17, 15) is 4.79 Å². The quantitative estimate of drug-likeness (QED) is 0.739. The predicted molar refractivity (Wildman–Crippen MR) is 105 cm³/mol. The van der Waals surface area contributed by atoms with Crippen LogP contribution in [0.15, 0.2) is 12.3 Å². The average Bonchev–Trinajstić information content (AvgIpc) is 2.78. The Hall–Kier alpha value is -0.920. The number of hydrogen-bond acceptors (Lipinski definition) is 5. The summed E-state index contributed by atoms with van der Waals surface area (Å²) in [6.45, 7) is 12.7. The molecule has 1 heterocycles. The summed E-state index contributed by atoms with van der Waals surface area (Å²) in [4.78, 5) is 19.2. The first-order chi connectivity index (χ1) is 11.3. The van der Waals surface area contributed by atoms with Crippen LogP contribution < -0.4 is 5.48 Å². The second-order valence-corrected chi connectivity index (χ2v) is 12.6. The maximum absolute atomic E-state index is 12.6. The lowest BCUT2D eigenvalue weighted by atomic mass is 10.2. The van der Waals surface area contributed by atoms with E-state index >= 15 is 0 Å². The number of amides is 1. The lowest BCUT2D eigenvalue weighted by Crippen LogP contribution is -2.40. The van der Waals surface area contributed by atoms with Crippen molar-refractivity contribution in [1.29, 1.82) is 0 Å². The van der Waals surface area contributed by atoms with Gasteiger partial charge in [0, 0.05) is 17.4 Å². The Kier molecular flexibility index (Phi) is 7.24. The average molecular weight is 377 g/mol. The molecule has 7 heteroatoms. The van der Waals surface area contributed by atoms with Gasteiger partial charge in [0.05, 0.1) is 25.8 Å². The van der Waals surface area contributed by atoms with Crippen molar-refractivity contribution in [2.24, 2.45) is 0 Å². The van der Waals surface area contributed by atoms with E-state index < -0.39 is 15.9 Å². The molecule has 0 aliphatic carbocycles. The maximum atomic E-state index is 12.6. The number of hydroxylamine groups is 1. The molecular formula is C18H36N2O4S. The first kappa shape index (κ1) is 22.1. The summed E-state index contributed by atoms with van der Waals surface area (Å²) in [5, 5.41) is 0. The molecule has 1 amide bonds. The van der Waals surface area contributed by atoms with Gasteiger partial charge in [-0.1, -0.05) is 20.8 Å². The van der Waals surface area contributed by atoms with E-state index in [1.165, 1.54) is 0 Å². The van der Waals surface area contributed by atoms with Crippen LogP contribution in [0, 0.1) is 0 Å². The van der Waals surface area contributed by atoms with Crippen molar-refractivity contribution < 1.29 is 18.6 Å². The molecule has 0 aromatic carbocycles. The molecule has 1 fully saturated rings. The van der Waals surface area contributed by atoms with E-state index in [1.807, 2.05) is 26.8 Å². The molecule has 2 unspecified atom stereocenters. The van der Waals surface area contributed by atoms with Crippen LogP contribution >= 0.6 is 10.3 Å². The van der Waals surface area contributed by atoms with E-state index in [-0.39, 0.29) is 23.0 Å². The summed E-state index contributed by atoms with van der Waals surface area (Å²) in [6.07, 6.45) is 8.40. The van der Waals surface area contributed by atoms with Gasteiger partial charge in [-0.2, -0.15) is 0 Å². The van der Waals surface area contributed by atoms with Crippen LogP contribution in [0.4, 0.5) is 4.79 Å². The third kappa shape index (κ3) is 6.72. The zero-order chi connectivity index (χ0) is 19.5. The van der Waals surface area contributed by atoms with Crippen molar-refractivity contribution in [3.63, 3.8) is 0 Å². The molecule has 0 bridgehead atoms. The molecule has 1 rings (SSSR count). The fraction of sp³-hybridized carbons (Fsp3) is 0.833. The maximum Gasteiger partial charge on any atom is 0.410 e. The van der Waals surface area contributed by atoms with Crippen LogP contribution in [0.2, 0.25) is 0 Å². The topological polar surface area (TPSA) is 60.0 Å². The summed E-state index contributed by atoms with van der Waals surface area (Å²) in [6, 6.07) is -0.0855. The molecule has 0 spiro atoms. The van der Waals surface area contributed by atoms with E-state index in [0.29, 0.717) is 6.54 Å². The van der Waals surface area contributed by atoms with Crippen molar-refractivity contribution in [2.75, 3.05) is 26.2 Å². The molecule has 1 saturated heterocycles. The highest BCUT2D eigenvalue weighted by Gasteiger charge is 2.40. The van der Waals surface area contributed by atoms with Crippen LogP contribution in [0.25, 0.3) is 0 Å². The fourth-order valence-electron chi connectivity index (χ4n) is 2.31. The minimum Gasteiger partial charge on any atom is -0.444 e. The first-order valence-electron chi connectivity index (χ1n) is 8.63. The largest absolute Gasteiger partial charge is 0.444 e. The van der Waals surface area contributed by atoms with Crippen LogP contribution in [0.5, 0.6) is 0 Å². The summed E-state index contributed by atoms with van der Waals surface area (Å²) < 4.78 is 12.1. The van der Waals surface area contributed by atoms with Crippen molar-refractivity contribution in [3.8, 4) is 0 Å². The lowest BCUT2D eigenvalue weighted by molar-refractivity contribution is 0.0240. The van der Waals surface area contributed by atoms with E-state index in [1.54, 1.807) is 18.2 Å². The molecule has 0 aromatic rings. The summed E-state index contributed by atoms with van der Waals surface area (Å²) in [5.41, 5.74) is 2.15. The van der Waals surface area contributed by atoms with E-state index in [4.69, 9.17) is 13.8 Å². The number of carbonyl (C=O) groups is 1. The second-order valence-electron chi connectivity index (χ2n) is 8.68. The minimum atomic E-state index is -1.26. The van der Waals surface area contributed by atoms with Crippen molar-refractivity contribution in [2.45, 2.75) is 70.5 Å². The number of rotatable bonds is 5. The third-order valence-electron chi connectivity index (χ3n) is 4.29. The van der Waals surface area contributed by atoms with Crippen molar-refractivity contribution >= 4 is 16.4 Å². The molecule has 6 nitrogen and oxygen atoms in total. The van der Waals surface area contributed by atoms with Gasteiger partial charge in [0.2, 0.25) is 0 Å². The van der Waals surface area contributed by atoms with Gasteiger partial charge in [0.25, 0.3) is 0 Å². The normalized spacial score (nSPS) is 23.2. The summed E-state index contributed by atoms with van der Waals surface area (Å²) >= 11 is 0. The van der Waals surface area contributed by atoms with E-state index in [2.05, 4.69) is 38.8 Å².